The summed E-state index contributed by atoms with van der Waals surface area (Å²) in [5, 5.41) is 3.33. The van der Waals surface area contributed by atoms with E-state index in [1.807, 2.05) is 25.4 Å². The van der Waals surface area contributed by atoms with Gasteiger partial charge < -0.3 is 24.3 Å². The Labute approximate surface area is 125 Å². The Morgan fingerprint density at radius 1 is 1.10 bits per heavy atom. The fourth-order valence-corrected chi connectivity index (χ4v) is 2.69. The predicted octanol–water partition coefficient (Wildman–Crippen LogP) is 2.67. The zero-order valence-electron chi connectivity index (χ0n) is 13.1. The van der Waals surface area contributed by atoms with Crippen molar-refractivity contribution < 1.29 is 18.9 Å². The van der Waals surface area contributed by atoms with E-state index in [4.69, 9.17) is 18.9 Å². The van der Waals surface area contributed by atoms with Gasteiger partial charge in [-0.1, -0.05) is 0 Å². The van der Waals surface area contributed by atoms with Gasteiger partial charge in [-0.3, -0.25) is 0 Å². The number of ether oxygens (including phenoxy) is 4. The third kappa shape index (κ3) is 3.08. The van der Waals surface area contributed by atoms with Crippen LogP contribution in [0.1, 0.15) is 24.4 Å². The number of hydrogen-bond acceptors (Lipinski definition) is 5. The fourth-order valence-electron chi connectivity index (χ4n) is 2.69. The molecule has 1 unspecified atom stereocenters. The summed E-state index contributed by atoms with van der Waals surface area (Å²) >= 11 is 0. The largest absolute Gasteiger partial charge is 0.501 e. The van der Waals surface area contributed by atoms with E-state index in [0.29, 0.717) is 17.2 Å². The first kappa shape index (κ1) is 15.5. The molecule has 0 aromatic heterocycles. The minimum absolute atomic E-state index is 0.0278. The molecule has 0 bridgehead atoms. The SMILES string of the molecule is CNC(C1=COCCC1)c1ccc(OC)c(OC)c1OC. The monoisotopic (exact) mass is 293 g/mol. The zero-order valence-corrected chi connectivity index (χ0v) is 13.1. The van der Waals surface area contributed by atoms with Crippen LogP contribution in [0.4, 0.5) is 0 Å². The molecule has 2 rings (SSSR count). The van der Waals surface area contributed by atoms with Crippen molar-refractivity contribution in [1.29, 1.82) is 0 Å². The van der Waals surface area contributed by atoms with Crippen LogP contribution < -0.4 is 19.5 Å². The molecule has 5 heteroatoms. The maximum absolute atomic E-state index is 5.57. The second kappa shape index (κ2) is 7.22. The Kier molecular flexibility index (Phi) is 5.33. The van der Waals surface area contributed by atoms with Gasteiger partial charge in [0, 0.05) is 5.56 Å². The summed E-state index contributed by atoms with van der Waals surface area (Å²) in [6.45, 7) is 0.781. The highest BCUT2D eigenvalue weighted by molar-refractivity contribution is 5.57. The Bertz CT molecular complexity index is 513. The van der Waals surface area contributed by atoms with Crippen LogP contribution in [0.15, 0.2) is 24.0 Å². The first-order valence-corrected chi connectivity index (χ1v) is 7.03. The quantitative estimate of drug-likeness (QED) is 0.874. The molecule has 0 radical (unpaired) electrons. The van der Waals surface area contributed by atoms with Crippen molar-refractivity contribution in [2.45, 2.75) is 18.9 Å². The molecular weight excluding hydrogens is 270 g/mol. The van der Waals surface area contributed by atoms with E-state index in [9.17, 15) is 0 Å². The summed E-state index contributed by atoms with van der Waals surface area (Å²) in [4.78, 5) is 0. The van der Waals surface area contributed by atoms with E-state index in [1.165, 1.54) is 5.57 Å². The summed E-state index contributed by atoms with van der Waals surface area (Å²) < 4.78 is 21.8. The van der Waals surface area contributed by atoms with Crippen molar-refractivity contribution in [3.8, 4) is 17.2 Å². The normalized spacial score (nSPS) is 15.7. The Balaban J connectivity index is 2.48. The molecular formula is C16H23NO4. The molecule has 1 aliphatic rings. The van der Waals surface area contributed by atoms with Crippen molar-refractivity contribution in [2.24, 2.45) is 0 Å². The van der Waals surface area contributed by atoms with Gasteiger partial charge in [0.05, 0.1) is 40.2 Å². The lowest BCUT2D eigenvalue weighted by Gasteiger charge is -2.26. The van der Waals surface area contributed by atoms with E-state index in [0.717, 1.165) is 25.0 Å². The van der Waals surface area contributed by atoms with E-state index >= 15 is 0 Å². The first-order chi connectivity index (χ1) is 10.3. The van der Waals surface area contributed by atoms with Crippen LogP contribution in [-0.4, -0.2) is 35.0 Å². The smallest absolute Gasteiger partial charge is 0.203 e. The van der Waals surface area contributed by atoms with E-state index < -0.39 is 0 Å². The standard InChI is InChI=1S/C16H23NO4/c1-17-14(11-6-5-9-21-10-11)12-7-8-13(18-2)16(20-4)15(12)19-3/h7-8,10,14,17H,5-6,9H2,1-4H3. The summed E-state index contributed by atoms with van der Waals surface area (Å²) in [5.74, 6) is 1.94. The van der Waals surface area contributed by atoms with E-state index in [1.54, 1.807) is 21.3 Å². The lowest BCUT2D eigenvalue weighted by Crippen LogP contribution is -2.21. The third-order valence-corrected chi connectivity index (χ3v) is 3.67. The number of hydrogen-bond donors (Lipinski definition) is 1. The average Bonchev–Trinajstić information content (AvgIpc) is 2.55. The number of likely N-dealkylation sites (N-methyl/N-ethyl adjacent to an activating group) is 1. The molecule has 0 saturated carbocycles. The Morgan fingerprint density at radius 2 is 1.86 bits per heavy atom. The summed E-state index contributed by atoms with van der Waals surface area (Å²) in [6, 6.07) is 3.92. The Morgan fingerprint density at radius 3 is 2.38 bits per heavy atom. The molecule has 1 N–H and O–H groups in total. The number of methoxy groups -OCH3 is 3. The minimum atomic E-state index is 0.0278. The maximum Gasteiger partial charge on any atom is 0.203 e. The summed E-state index contributed by atoms with van der Waals surface area (Å²) in [7, 11) is 6.79. The second-order valence-corrected chi connectivity index (χ2v) is 4.81. The predicted molar refractivity (Wildman–Crippen MR) is 81.2 cm³/mol. The molecule has 0 aliphatic carbocycles. The molecule has 1 aliphatic heterocycles. The molecule has 0 amide bonds. The fraction of sp³-hybridized carbons (Fsp3) is 0.500. The van der Waals surface area contributed by atoms with Crippen molar-refractivity contribution in [1.82, 2.24) is 5.32 Å². The molecule has 21 heavy (non-hydrogen) atoms. The molecule has 1 aromatic rings. The summed E-state index contributed by atoms with van der Waals surface area (Å²) in [6.07, 6.45) is 3.88. The van der Waals surface area contributed by atoms with Gasteiger partial charge in [0.1, 0.15) is 0 Å². The maximum atomic E-state index is 5.57. The number of benzene rings is 1. The summed E-state index contributed by atoms with van der Waals surface area (Å²) in [5.41, 5.74) is 2.21. The second-order valence-electron chi connectivity index (χ2n) is 4.81. The van der Waals surface area contributed by atoms with Crippen molar-refractivity contribution in [3.63, 3.8) is 0 Å². The molecule has 1 aromatic carbocycles. The van der Waals surface area contributed by atoms with Crippen molar-refractivity contribution >= 4 is 0 Å². The Hall–Kier alpha value is -1.88. The molecule has 1 atom stereocenters. The van der Waals surface area contributed by atoms with Crippen molar-refractivity contribution in [3.05, 3.63) is 29.5 Å². The van der Waals surface area contributed by atoms with Gasteiger partial charge in [-0.15, -0.1) is 0 Å². The topological polar surface area (TPSA) is 49.0 Å². The van der Waals surface area contributed by atoms with E-state index in [-0.39, 0.29) is 6.04 Å². The highest BCUT2D eigenvalue weighted by Gasteiger charge is 2.25. The van der Waals surface area contributed by atoms with Gasteiger partial charge in [-0.2, -0.15) is 0 Å². The van der Waals surface area contributed by atoms with Crippen LogP contribution >= 0.6 is 0 Å². The van der Waals surface area contributed by atoms with Gasteiger partial charge in [0.2, 0.25) is 5.75 Å². The van der Waals surface area contributed by atoms with Crippen LogP contribution in [0.2, 0.25) is 0 Å². The van der Waals surface area contributed by atoms with Crippen LogP contribution in [0, 0.1) is 0 Å². The highest BCUT2D eigenvalue weighted by atomic mass is 16.5. The van der Waals surface area contributed by atoms with Crippen LogP contribution in [0.3, 0.4) is 0 Å². The van der Waals surface area contributed by atoms with Gasteiger partial charge in [0.15, 0.2) is 11.5 Å². The van der Waals surface area contributed by atoms with Crippen LogP contribution in [0.25, 0.3) is 0 Å². The van der Waals surface area contributed by atoms with Gasteiger partial charge in [-0.05, 0) is 37.6 Å². The third-order valence-electron chi connectivity index (χ3n) is 3.67. The lowest BCUT2D eigenvalue weighted by atomic mass is 9.94. The number of rotatable bonds is 6. The van der Waals surface area contributed by atoms with Gasteiger partial charge in [0.25, 0.3) is 0 Å². The van der Waals surface area contributed by atoms with Gasteiger partial charge >= 0.3 is 0 Å². The van der Waals surface area contributed by atoms with Gasteiger partial charge in [-0.25, -0.2) is 0 Å². The van der Waals surface area contributed by atoms with Crippen LogP contribution in [0.5, 0.6) is 17.2 Å². The minimum Gasteiger partial charge on any atom is -0.501 e. The zero-order chi connectivity index (χ0) is 15.2. The molecule has 5 nitrogen and oxygen atoms in total. The average molecular weight is 293 g/mol. The molecule has 1 heterocycles. The van der Waals surface area contributed by atoms with E-state index in [2.05, 4.69) is 5.32 Å². The number of nitrogens with one attached hydrogen (secondary N) is 1. The molecule has 0 fully saturated rings. The first-order valence-electron chi connectivity index (χ1n) is 7.03. The molecule has 0 spiro atoms. The highest BCUT2D eigenvalue weighted by Crippen LogP contribution is 2.44. The molecule has 0 saturated heterocycles. The van der Waals surface area contributed by atoms with Crippen molar-refractivity contribution in [2.75, 3.05) is 35.0 Å². The lowest BCUT2D eigenvalue weighted by molar-refractivity contribution is 0.219. The van der Waals surface area contributed by atoms with Crippen LogP contribution in [-0.2, 0) is 4.74 Å². The molecule has 116 valence electrons.